The zero-order valence-corrected chi connectivity index (χ0v) is 21.1. The molecule has 0 saturated carbocycles. The Labute approximate surface area is 210 Å². The standard InChI is InChI=1S/C26H26ClN3O4S/c1-18-5-10-22(11-6-18)30(35(33,34)23-12-7-20(27)8-13-23)17-25(31)28-21-9-14-24(19(2)16-21)29-15-3-4-26(29)32/h5-14,16H,3-4,15,17H2,1-2H3,(H,28,31). The number of aryl methyl sites for hydroxylation is 2. The first-order valence-electron chi connectivity index (χ1n) is 11.2. The highest BCUT2D eigenvalue weighted by molar-refractivity contribution is 7.92. The van der Waals surface area contributed by atoms with Gasteiger partial charge in [-0.15, -0.1) is 0 Å². The topological polar surface area (TPSA) is 86.8 Å². The van der Waals surface area contributed by atoms with Crippen LogP contribution in [0.1, 0.15) is 24.0 Å². The molecule has 3 aromatic carbocycles. The normalized spacial score (nSPS) is 13.7. The summed E-state index contributed by atoms with van der Waals surface area (Å²) >= 11 is 5.93. The van der Waals surface area contributed by atoms with E-state index >= 15 is 0 Å². The van der Waals surface area contributed by atoms with Gasteiger partial charge in [0.1, 0.15) is 6.54 Å². The van der Waals surface area contributed by atoms with Gasteiger partial charge in [-0.25, -0.2) is 8.42 Å². The van der Waals surface area contributed by atoms with Gasteiger partial charge < -0.3 is 10.2 Å². The second-order valence-corrected chi connectivity index (χ2v) is 10.8. The van der Waals surface area contributed by atoms with Crippen molar-refractivity contribution >= 4 is 50.5 Å². The number of anilines is 3. The SMILES string of the molecule is Cc1ccc(N(CC(=O)Nc2ccc(N3CCCC3=O)c(C)c2)S(=O)(=O)c2ccc(Cl)cc2)cc1. The van der Waals surface area contributed by atoms with Crippen molar-refractivity contribution in [3.8, 4) is 0 Å². The number of hydrogen-bond donors (Lipinski definition) is 1. The van der Waals surface area contributed by atoms with Crippen LogP contribution in [-0.2, 0) is 19.6 Å². The Morgan fingerprint density at radius 1 is 1.03 bits per heavy atom. The van der Waals surface area contributed by atoms with Crippen molar-refractivity contribution in [3.05, 3.63) is 82.9 Å². The minimum atomic E-state index is -4.03. The number of sulfonamides is 1. The van der Waals surface area contributed by atoms with E-state index < -0.39 is 22.5 Å². The van der Waals surface area contributed by atoms with Crippen LogP contribution < -0.4 is 14.5 Å². The average molecular weight is 512 g/mol. The highest BCUT2D eigenvalue weighted by Crippen LogP contribution is 2.28. The van der Waals surface area contributed by atoms with E-state index in [9.17, 15) is 18.0 Å². The van der Waals surface area contributed by atoms with Crippen LogP contribution in [0.3, 0.4) is 0 Å². The Morgan fingerprint density at radius 2 is 1.71 bits per heavy atom. The second-order valence-electron chi connectivity index (χ2n) is 8.50. The predicted octanol–water partition coefficient (Wildman–Crippen LogP) is 4.92. The van der Waals surface area contributed by atoms with Crippen LogP contribution in [0, 0.1) is 13.8 Å². The molecule has 0 bridgehead atoms. The molecule has 7 nitrogen and oxygen atoms in total. The van der Waals surface area contributed by atoms with Crippen molar-refractivity contribution in [1.82, 2.24) is 0 Å². The number of carbonyl (C=O) groups is 2. The summed E-state index contributed by atoms with van der Waals surface area (Å²) in [6, 6.07) is 18.0. The van der Waals surface area contributed by atoms with Gasteiger partial charge >= 0.3 is 0 Å². The van der Waals surface area contributed by atoms with Crippen LogP contribution in [0.5, 0.6) is 0 Å². The van der Waals surface area contributed by atoms with Crippen LogP contribution in [0.15, 0.2) is 71.6 Å². The van der Waals surface area contributed by atoms with E-state index in [2.05, 4.69) is 5.32 Å². The Hall–Kier alpha value is -3.36. The molecule has 3 aromatic rings. The summed E-state index contributed by atoms with van der Waals surface area (Å²) < 4.78 is 28.0. The van der Waals surface area contributed by atoms with E-state index in [1.807, 2.05) is 13.8 Å². The molecule has 0 atom stereocenters. The third-order valence-electron chi connectivity index (χ3n) is 5.86. The molecule has 0 aliphatic carbocycles. The minimum absolute atomic E-state index is 0.0331. The molecule has 182 valence electrons. The zero-order chi connectivity index (χ0) is 25.2. The maximum absolute atomic E-state index is 13.5. The lowest BCUT2D eigenvalue weighted by Gasteiger charge is -2.24. The maximum Gasteiger partial charge on any atom is 0.264 e. The first-order valence-corrected chi connectivity index (χ1v) is 13.0. The Morgan fingerprint density at radius 3 is 2.31 bits per heavy atom. The molecule has 1 aliphatic rings. The fourth-order valence-corrected chi connectivity index (χ4v) is 5.58. The Balaban J connectivity index is 1.58. The Bertz CT molecular complexity index is 1360. The van der Waals surface area contributed by atoms with Crippen LogP contribution in [0.25, 0.3) is 0 Å². The molecule has 2 amide bonds. The summed E-state index contributed by atoms with van der Waals surface area (Å²) in [4.78, 5) is 26.9. The summed E-state index contributed by atoms with van der Waals surface area (Å²) in [6.07, 6.45) is 1.36. The van der Waals surface area contributed by atoms with Crippen molar-refractivity contribution in [2.24, 2.45) is 0 Å². The third kappa shape index (κ3) is 5.49. The fourth-order valence-electron chi connectivity index (χ4n) is 4.03. The molecule has 0 aromatic heterocycles. The van der Waals surface area contributed by atoms with Gasteiger partial charge in [0.15, 0.2) is 0 Å². The van der Waals surface area contributed by atoms with Gasteiger partial charge in [0.05, 0.1) is 10.6 Å². The molecule has 35 heavy (non-hydrogen) atoms. The minimum Gasteiger partial charge on any atom is -0.325 e. The van der Waals surface area contributed by atoms with Crippen molar-refractivity contribution in [1.29, 1.82) is 0 Å². The molecule has 1 saturated heterocycles. The number of nitrogens with one attached hydrogen (secondary N) is 1. The van der Waals surface area contributed by atoms with Crippen LogP contribution >= 0.6 is 11.6 Å². The van der Waals surface area contributed by atoms with Crippen molar-refractivity contribution in [3.63, 3.8) is 0 Å². The molecular weight excluding hydrogens is 486 g/mol. The van der Waals surface area contributed by atoms with Crippen molar-refractivity contribution in [2.45, 2.75) is 31.6 Å². The summed E-state index contributed by atoms with van der Waals surface area (Å²) in [5.41, 5.74) is 3.53. The van der Waals surface area contributed by atoms with Crippen molar-refractivity contribution in [2.75, 3.05) is 27.6 Å². The number of hydrogen-bond acceptors (Lipinski definition) is 4. The number of halogens is 1. The van der Waals surface area contributed by atoms with E-state index in [1.165, 1.54) is 24.3 Å². The van der Waals surface area contributed by atoms with E-state index in [0.29, 0.717) is 29.4 Å². The lowest BCUT2D eigenvalue weighted by Crippen LogP contribution is -2.38. The van der Waals surface area contributed by atoms with Gasteiger partial charge in [0.2, 0.25) is 11.8 Å². The molecule has 1 N–H and O–H groups in total. The molecule has 1 heterocycles. The fraction of sp³-hybridized carbons (Fsp3) is 0.231. The first kappa shape index (κ1) is 24.8. The molecule has 1 aliphatic heterocycles. The molecule has 9 heteroatoms. The van der Waals surface area contributed by atoms with E-state index in [-0.39, 0.29) is 10.8 Å². The lowest BCUT2D eigenvalue weighted by molar-refractivity contribution is -0.117. The van der Waals surface area contributed by atoms with Crippen LogP contribution in [0.4, 0.5) is 17.1 Å². The van der Waals surface area contributed by atoms with Crippen molar-refractivity contribution < 1.29 is 18.0 Å². The predicted molar refractivity (Wildman–Crippen MR) is 139 cm³/mol. The number of benzene rings is 3. The van der Waals surface area contributed by atoms with Gasteiger partial charge in [-0.05, 0) is 80.4 Å². The largest absolute Gasteiger partial charge is 0.325 e. The lowest BCUT2D eigenvalue weighted by atomic mass is 10.1. The average Bonchev–Trinajstić information content (AvgIpc) is 3.24. The smallest absolute Gasteiger partial charge is 0.264 e. The number of carbonyl (C=O) groups excluding carboxylic acids is 2. The first-order chi connectivity index (χ1) is 16.6. The highest BCUT2D eigenvalue weighted by Gasteiger charge is 2.28. The highest BCUT2D eigenvalue weighted by atomic mass is 35.5. The summed E-state index contributed by atoms with van der Waals surface area (Å²) in [5.74, 6) is -0.404. The monoisotopic (exact) mass is 511 g/mol. The van der Waals surface area contributed by atoms with Gasteiger partial charge in [0, 0.05) is 29.4 Å². The molecule has 0 radical (unpaired) electrons. The maximum atomic E-state index is 13.5. The summed E-state index contributed by atoms with van der Waals surface area (Å²) in [7, 11) is -4.03. The zero-order valence-electron chi connectivity index (χ0n) is 19.5. The molecule has 0 spiro atoms. The molecule has 1 fully saturated rings. The van der Waals surface area contributed by atoms with E-state index in [1.54, 1.807) is 47.4 Å². The third-order valence-corrected chi connectivity index (χ3v) is 7.90. The summed E-state index contributed by atoms with van der Waals surface area (Å²) in [5, 5.41) is 3.20. The Kier molecular flexibility index (Phi) is 7.14. The number of amides is 2. The van der Waals surface area contributed by atoms with E-state index in [0.717, 1.165) is 27.5 Å². The van der Waals surface area contributed by atoms with Gasteiger partial charge in [-0.1, -0.05) is 29.3 Å². The molecular formula is C26H26ClN3O4S. The number of rotatable bonds is 7. The van der Waals surface area contributed by atoms with E-state index in [4.69, 9.17) is 11.6 Å². The molecule has 0 unspecified atom stereocenters. The second kappa shape index (κ2) is 10.1. The number of nitrogens with zero attached hydrogens (tertiary/aromatic N) is 2. The van der Waals surface area contributed by atoms with Crippen LogP contribution in [0.2, 0.25) is 5.02 Å². The summed E-state index contributed by atoms with van der Waals surface area (Å²) in [6.45, 7) is 4.04. The van der Waals surface area contributed by atoms with Gasteiger partial charge in [-0.2, -0.15) is 0 Å². The van der Waals surface area contributed by atoms with Gasteiger partial charge in [-0.3, -0.25) is 13.9 Å². The van der Waals surface area contributed by atoms with Gasteiger partial charge in [0.25, 0.3) is 10.0 Å². The van der Waals surface area contributed by atoms with Crippen LogP contribution in [-0.4, -0.2) is 33.3 Å². The quantitative estimate of drug-likeness (QED) is 0.488. The molecule has 4 rings (SSSR count).